The lowest BCUT2D eigenvalue weighted by atomic mass is 10.1. The number of halogens is 3. The van der Waals surface area contributed by atoms with E-state index in [9.17, 15) is 13.2 Å². The van der Waals surface area contributed by atoms with E-state index in [0.29, 0.717) is 11.4 Å². The Morgan fingerprint density at radius 1 is 1.35 bits per heavy atom. The van der Waals surface area contributed by atoms with Crippen molar-refractivity contribution < 1.29 is 13.2 Å². The second kappa shape index (κ2) is 5.44. The van der Waals surface area contributed by atoms with Crippen LogP contribution in [-0.2, 0) is 6.18 Å². The fourth-order valence-electron chi connectivity index (χ4n) is 1.82. The molecule has 5 nitrogen and oxygen atoms in total. The fraction of sp³-hybridized carbons (Fsp3) is 0.273. The van der Waals surface area contributed by atoms with Crippen LogP contribution >= 0.6 is 12.2 Å². The van der Waals surface area contributed by atoms with Gasteiger partial charge in [0, 0.05) is 12.6 Å². The summed E-state index contributed by atoms with van der Waals surface area (Å²) in [6, 6.07) is 4.65. The number of alkyl halides is 3. The highest BCUT2D eigenvalue weighted by Crippen LogP contribution is 2.29. The topological polar surface area (TPSA) is 56.9 Å². The largest absolute Gasteiger partial charge is 0.416 e. The highest BCUT2D eigenvalue weighted by Gasteiger charge is 2.32. The predicted molar refractivity (Wildman–Crippen MR) is 72.3 cm³/mol. The average Bonchev–Trinajstić information content (AvgIpc) is 2.73. The van der Waals surface area contributed by atoms with Crippen molar-refractivity contribution in [3.8, 4) is 0 Å². The standard InChI is InChI=1S/C11H12F3N5S/c1-16-19-10(15)17-9(18(19)6-20)7-2-4-8(5-3-7)11(12,13)14/h2-6,10,16H,15H2,1H3. The maximum atomic E-state index is 12.5. The third kappa shape index (κ3) is 2.66. The number of nitrogens with zero attached hydrogens (tertiary/aromatic N) is 3. The molecule has 0 spiro atoms. The van der Waals surface area contributed by atoms with E-state index in [1.54, 1.807) is 7.05 Å². The van der Waals surface area contributed by atoms with E-state index in [1.807, 2.05) is 0 Å². The summed E-state index contributed by atoms with van der Waals surface area (Å²) in [5, 5.41) is 2.92. The van der Waals surface area contributed by atoms with Crippen LogP contribution in [-0.4, -0.2) is 34.8 Å². The van der Waals surface area contributed by atoms with Crippen LogP contribution in [0.2, 0.25) is 0 Å². The molecule has 108 valence electrons. The molecule has 9 heteroatoms. The summed E-state index contributed by atoms with van der Waals surface area (Å²) in [5.41, 5.74) is 9.64. The molecule has 3 N–H and O–H groups in total. The Morgan fingerprint density at radius 2 is 1.95 bits per heavy atom. The van der Waals surface area contributed by atoms with Gasteiger partial charge in [0.25, 0.3) is 0 Å². The number of nitrogens with one attached hydrogen (secondary N) is 1. The second-order valence-corrected chi connectivity index (χ2v) is 4.17. The predicted octanol–water partition coefficient (Wildman–Crippen LogP) is 1.32. The Hall–Kier alpha value is -1.55. The highest BCUT2D eigenvalue weighted by atomic mass is 32.1. The Morgan fingerprint density at radius 3 is 2.40 bits per heavy atom. The molecule has 1 unspecified atom stereocenters. The maximum Gasteiger partial charge on any atom is 0.416 e. The number of hydrogen-bond acceptors (Lipinski definition) is 5. The van der Waals surface area contributed by atoms with Gasteiger partial charge in [0.2, 0.25) is 0 Å². The van der Waals surface area contributed by atoms with Crippen molar-refractivity contribution in [1.82, 2.24) is 15.6 Å². The van der Waals surface area contributed by atoms with Gasteiger partial charge in [-0.1, -0.05) is 24.4 Å². The second-order valence-electron chi connectivity index (χ2n) is 3.96. The molecule has 0 aromatic heterocycles. The van der Waals surface area contributed by atoms with E-state index >= 15 is 0 Å². The highest BCUT2D eigenvalue weighted by molar-refractivity contribution is 7.78. The molecule has 0 fully saturated rings. The van der Waals surface area contributed by atoms with Gasteiger partial charge in [-0.15, -0.1) is 5.12 Å². The van der Waals surface area contributed by atoms with Gasteiger partial charge in [-0.25, -0.2) is 15.4 Å². The van der Waals surface area contributed by atoms with E-state index in [0.717, 1.165) is 12.1 Å². The number of hydrogen-bond donors (Lipinski definition) is 2. The molecule has 2 rings (SSSR count). The lowest BCUT2D eigenvalue weighted by molar-refractivity contribution is -0.137. The summed E-state index contributed by atoms with van der Waals surface area (Å²) in [5.74, 6) is 0.385. The van der Waals surface area contributed by atoms with Crippen molar-refractivity contribution in [2.45, 2.75) is 12.5 Å². The Labute approximate surface area is 118 Å². The molecule has 1 aromatic rings. The SMILES string of the molecule is CNN1C(N)N=C(c2ccc(C(F)(F)F)cc2)N1C=S. The minimum atomic E-state index is -4.37. The summed E-state index contributed by atoms with van der Waals surface area (Å²) < 4.78 is 37.5. The van der Waals surface area contributed by atoms with Crippen molar-refractivity contribution in [3.05, 3.63) is 35.4 Å². The number of aliphatic imine (C=N–C) groups is 1. The molecule has 0 amide bonds. The molecular formula is C11H12F3N5S. The van der Waals surface area contributed by atoms with Crippen LogP contribution in [0.25, 0.3) is 0 Å². The van der Waals surface area contributed by atoms with Gasteiger partial charge in [0.1, 0.15) is 0 Å². The van der Waals surface area contributed by atoms with Crippen LogP contribution in [0.4, 0.5) is 13.2 Å². The lowest BCUT2D eigenvalue weighted by Gasteiger charge is -2.27. The third-order valence-corrected chi connectivity index (χ3v) is 2.95. The molecule has 0 saturated heterocycles. The number of amidine groups is 1. The normalized spacial score (nSPS) is 20.1. The van der Waals surface area contributed by atoms with E-state index < -0.39 is 18.0 Å². The van der Waals surface area contributed by atoms with Gasteiger partial charge < -0.3 is 0 Å². The number of benzene rings is 1. The Balaban J connectivity index is 2.32. The molecule has 0 bridgehead atoms. The van der Waals surface area contributed by atoms with Crippen molar-refractivity contribution in [3.63, 3.8) is 0 Å². The number of thiocarbonyl (C=S) groups is 1. The van der Waals surface area contributed by atoms with Gasteiger partial charge in [0.15, 0.2) is 12.1 Å². The Bertz CT molecular complexity index is 528. The Kier molecular flexibility index (Phi) is 4.04. The molecule has 1 atom stereocenters. The average molecular weight is 303 g/mol. The summed E-state index contributed by atoms with van der Waals surface area (Å²) in [4.78, 5) is 4.16. The zero-order valence-corrected chi connectivity index (χ0v) is 11.2. The van der Waals surface area contributed by atoms with Gasteiger partial charge in [-0.2, -0.15) is 13.2 Å². The summed E-state index contributed by atoms with van der Waals surface area (Å²) in [6.07, 6.45) is -5.07. The number of rotatable bonds is 3. The van der Waals surface area contributed by atoms with Crippen molar-refractivity contribution in [2.24, 2.45) is 10.7 Å². The maximum absolute atomic E-state index is 12.5. The van der Waals surface area contributed by atoms with Crippen LogP contribution < -0.4 is 11.2 Å². The summed E-state index contributed by atoms with van der Waals surface area (Å²) >= 11 is 4.87. The zero-order chi connectivity index (χ0) is 14.9. The quantitative estimate of drug-likeness (QED) is 0.825. The molecule has 1 aliphatic heterocycles. The summed E-state index contributed by atoms with van der Waals surface area (Å²) in [7, 11) is 1.64. The molecule has 0 saturated carbocycles. The van der Waals surface area contributed by atoms with Gasteiger partial charge in [0.05, 0.1) is 11.1 Å². The van der Waals surface area contributed by atoms with E-state index in [4.69, 9.17) is 18.0 Å². The minimum absolute atomic E-state index is 0.385. The first kappa shape index (κ1) is 14.9. The van der Waals surface area contributed by atoms with Crippen molar-refractivity contribution in [2.75, 3.05) is 7.05 Å². The van der Waals surface area contributed by atoms with Crippen LogP contribution in [0.3, 0.4) is 0 Å². The lowest BCUT2D eigenvalue weighted by Crippen LogP contribution is -2.53. The van der Waals surface area contributed by atoms with E-state index in [2.05, 4.69) is 10.4 Å². The third-order valence-electron chi connectivity index (χ3n) is 2.75. The first-order chi connectivity index (χ1) is 9.38. The van der Waals surface area contributed by atoms with Crippen LogP contribution in [0.1, 0.15) is 11.1 Å². The molecule has 1 aromatic carbocycles. The smallest absolute Gasteiger partial charge is 0.295 e. The molecule has 0 radical (unpaired) electrons. The van der Waals surface area contributed by atoms with E-state index in [1.165, 1.54) is 27.8 Å². The molecule has 0 aliphatic carbocycles. The van der Waals surface area contributed by atoms with Gasteiger partial charge in [-0.05, 0) is 12.1 Å². The molecule has 1 aliphatic rings. The summed E-state index contributed by atoms with van der Waals surface area (Å²) in [6.45, 7) is 0. The number of nitrogens with two attached hydrogens (primary N) is 1. The van der Waals surface area contributed by atoms with Gasteiger partial charge in [-0.3, -0.25) is 5.73 Å². The van der Waals surface area contributed by atoms with Crippen molar-refractivity contribution >= 4 is 23.5 Å². The molecule has 1 heterocycles. The monoisotopic (exact) mass is 303 g/mol. The van der Waals surface area contributed by atoms with Crippen molar-refractivity contribution in [1.29, 1.82) is 0 Å². The van der Waals surface area contributed by atoms with E-state index in [-0.39, 0.29) is 0 Å². The first-order valence-electron chi connectivity index (χ1n) is 5.60. The van der Waals surface area contributed by atoms with Gasteiger partial charge >= 0.3 is 6.18 Å². The first-order valence-corrected chi connectivity index (χ1v) is 6.07. The van der Waals surface area contributed by atoms with Crippen LogP contribution in [0, 0.1) is 0 Å². The molecule has 20 heavy (non-hydrogen) atoms. The fourth-order valence-corrected chi connectivity index (χ4v) is 2.03. The minimum Gasteiger partial charge on any atom is -0.295 e. The van der Waals surface area contributed by atoms with Crippen LogP contribution in [0.15, 0.2) is 29.3 Å². The number of hydrazine groups is 2. The van der Waals surface area contributed by atoms with Crippen LogP contribution in [0.5, 0.6) is 0 Å². The molecular weight excluding hydrogens is 291 g/mol. The zero-order valence-electron chi connectivity index (χ0n) is 10.4.